The smallest absolute Gasteiger partial charge is 0.227 e. The van der Waals surface area contributed by atoms with Gasteiger partial charge >= 0.3 is 0 Å². The van der Waals surface area contributed by atoms with Crippen LogP contribution in [0.15, 0.2) is 72.8 Å². The second-order valence-electron chi connectivity index (χ2n) is 9.94. The van der Waals surface area contributed by atoms with Crippen molar-refractivity contribution in [2.45, 2.75) is 51.5 Å². The molecule has 192 valence electrons. The topological polar surface area (TPSA) is 56.6 Å². The predicted molar refractivity (Wildman–Crippen MR) is 148 cm³/mol. The number of hydrogen-bond acceptors (Lipinski definition) is 4. The Balaban J connectivity index is 1.30. The van der Waals surface area contributed by atoms with E-state index in [9.17, 15) is 4.79 Å². The van der Waals surface area contributed by atoms with Gasteiger partial charge in [-0.2, -0.15) is 0 Å². The summed E-state index contributed by atoms with van der Waals surface area (Å²) in [7, 11) is 1.64. The second-order valence-corrected chi connectivity index (χ2v) is 9.94. The molecule has 1 aliphatic heterocycles. The second kappa shape index (κ2) is 11.1. The van der Waals surface area contributed by atoms with E-state index in [0.717, 1.165) is 47.7 Å². The zero-order valence-corrected chi connectivity index (χ0v) is 21.9. The Kier molecular flexibility index (Phi) is 7.45. The number of aromatic nitrogens is 2. The Bertz CT molecular complexity index is 1380. The number of imidazole rings is 1. The van der Waals surface area contributed by atoms with E-state index < -0.39 is 0 Å². The summed E-state index contributed by atoms with van der Waals surface area (Å²) in [5.74, 6) is 3.24. The largest absolute Gasteiger partial charge is 0.495 e. The number of benzene rings is 3. The van der Waals surface area contributed by atoms with Gasteiger partial charge < -0.3 is 18.9 Å². The Morgan fingerprint density at radius 1 is 0.946 bits per heavy atom. The first kappa shape index (κ1) is 24.9. The molecule has 0 saturated carbocycles. The lowest BCUT2D eigenvalue weighted by Crippen LogP contribution is -2.25. The minimum Gasteiger partial charge on any atom is -0.495 e. The first-order valence-electron chi connectivity index (χ1n) is 13.2. The van der Waals surface area contributed by atoms with Gasteiger partial charge in [-0.05, 0) is 54.7 Å². The van der Waals surface area contributed by atoms with Gasteiger partial charge in [0.05, 0.1) is 30.4 Å². The van der Waals surface area contributed by atoms with E-state index in [1.54, 1.807) is 7.11 Å². The molecule has 0 N–H and O–H groups in total. The van der Waals surface area contributed by atoms with Gasteiger partial charge in [0, 0.05) is 25.4 Å². The van der Waals surface area contributed by atoms with Crippen molar-refractivity contribution in [3.05, 3.63) is 84.2 Å². The molecule has 1 atom stereocenters. The highest BCUT2D eigenvalue weighted by molar-refractivity contribution is 5.97. The van der Waals surface area contributed by atoms with E-state index in [1.165, 1.54) is 5.56 Å². The van der Waals surface area contributed by atoms with Gasteiger partial charge in [-0.1, -0.05) is 56.3 Å². The molecule has 2 heterocycles. The van der Waals surface area contributed by atoms with Crippen LogP contribution in [0.1, 0.15) is 56.3 Å². The Morgan fingerprint density at radius 3 is 2.49 bits per heavy atom. The van der Waals surface area contributed by atoms with Gasteiger partial charge in [0.1, 0.15) is 17.3 Å². The van der Waals surface area contributed by atoms with Crippen molar-refractivity contribution < 1.29 is 14.3 Å². The minimum atomic E-state index is 0.0268. The number of carbonyl (C=O) groups excluding carboxylic acids is 1. The number of hydrogen-bond donors (Lipinski definition) is 0. The Morgan fingerprint density at radius 2 is 1.68 bits per heavy atom. The van der Waals surface area contributed by atoms with Crippen LogP contribution in [0, 0.1) is 0 Å². The highest BCUT2D eigenvalue weighted by Gasteiger charge is 2.35. The summed E-state index contributed by atoms with van der Waals surface area (Å²) in [6.07, 6.45) is 2.35. The van der Waals surface area contributed by atoms with Gasteiger partial charge in [0.15, 0.2) is 0 Å². The molecule has 37 heavy (non-hydrogen) atoms. The summed E-state index contributed by atoms with van der Waals surface area (Å²) in [6, 6.07) is 24.2. The molecule has 0 radical (unpaired) electrons. The van der Waals surface area contributed by atoms with E-state index >= 15 is 0 Å². The third kappa shape index (κ3) is 5.19. The molecule has 0 bridgehead atoms. The summed E-state index contributed by atoms with van der Waals surface area (Å²) < 4.78 is 14.0. The van der Waals surface area contributed by atoms with Crippen molar-refractivity contribution in [2.75, 3.05) is 25.2 Å². The maximum atomic E-state index is 13.1. The monoisotopic (exact) mass is 497 g/mol. The van der Waals surface area contributed by atoms with Crippen molar-refractivity contribution in [3.63, 3.8) is 0 Å². The van der Waals surface area contributed by atoms with Crippen molar-refractivity contribution in [1.82, 2.24) is 9.55 Å². The van der Waals surface area contributed by atoms with E-state index in [1.807, 2.05) is 41.3 Å². The first-order valence-corrected chi connectivity index (χ1v) is 13.2. The molecule has 1 saturated heterocycles. The van der Waals surface area contributed by atoms with Gasteiger partial charge in [0.2, 0.25) is 5.91 Å². The predicted octanol–water partition coefficient (Wildman–Crippen LogP) is 6.55. The fourth-order valence-electron chi connectivity index (χ4n) is 5.25. The van der Waals surface area contributed by atoms with Gasteiger partial charge in [-0.3, -0.25) is 4.79 Å². The molecule has 6 heteroatoms. The highest BCUT2D eigenvalue weighted by atomic mass is 16.5. The average molecular weight is 498 g/mol. The number of methoxy groups -OCH3 is 1. The van der Waals surface area contributed by atoms with Crippen molar-refractivity contribution in [3.8, 4) is 11.5 Å². The molecule has 6 nitrogen and oxygen atoms in total. The van der Waals surface area contributed by atoms with Gasteiger partial charge in [-0.15, -0.1) is 0 Å². The number of aryl methyl sites for hydroxylation is 1. The lowest BCUT2D eigenvalue weighted by Gasteiger charge is -2.20. The summed E-state index contributed by atoms with van der Waals surface area (Å²) in [4.78, 5) is 19.9. The number of fused-ring (bicyclic) bond motifs is 1. The molecule has 1 aromatic heterocycles. The minimum absolute atomic E-state index is 0.0268. The molecular weight excluding hydrogens is 462 g/mol. The molecule has 1 unspecified atom stereocenters. The summed E-state index contributed by atoms with van der Waals surface area (Å²) >= 11 is 0. The molecule has 0 aliphatic carbocycles. The summed E-state index contributed by atoms with van der Waals surface area (Å²) in [6.45, 7) is 6.49. The Hall–Kier alpha value is -3.80. The zero-order chi connectivity index (χ0) is 25.8. The van der Waals surface area contributed by atoms with Crippen LogP contribution in [0.3, 0.4) is 0 Å². The summed E-state index contributed by atoms with van der Waals surface area (Å²) in [5.41, 5.74) is 4.16. The molecule has 3 aromatic carbocycles. The molecule has 1 fully saturated rings. The molecule has 0 spiro atoms. The zero-order valence-electron chi connectivity index (χ0n) is 21.9. The van der Waals surface area contributed by atoms with E-state index in [0.29, 0.717) is 31.2 Å². The van der Waals surface area contributed by atoms with Gasteiger partial charge in [0.25, 0.3) is 0 Å². The number of carbonyl (C=O) groups is 1. The number of nitrogens with zero attached hydrogens (tertiary/aromatic N) is 3. The van der Waals surface area contributed by atoms with E-state index in [4.69, 9.17) is 14.5 Å². The van der Waals surface area contributed by atoms with Crippen molar-refractivity contribution in [1.29, 1.82) is 0 Å². The Labute approximate surface area is 218 Å². The van der Waals surface area contributed by atoms with Crippen LogP contribution in [0.25, 0.3) is 11.0 Å². The number of unbranched alkanes of at least 4 members (excludes halogenated alkanes) is 1. The molecule has 4 aromatic rings. The number of ether oxygens (including phenoxy) is 2. The lowest BCUT2D eigenvalue weighted by atomic mass is 10.0. The quantitative estimate of drug-likeness (QED) is 0.233. The average Bonchev–Trinajstić information content (AvgIpc) is 3.49. The number of rotatable bonds is 10. The third-order valence-corrected chi connectivity index (χ3v) is 7.12. The molecule has 5 rings (SSSR count). The SMILES string of the molecule is COc1ccccc1N1CC(c2nc3ccccc3n2CCCCOc2ccccc2C(C)C)CC1=O. The molecule has 1 aliphatic rings. The third-order valence-electron chi connectivity index (χ3n) is 7.12. The maximum Gasteiger partial charge on any atom is 0.227 e. The van der Waals surface area contributed by atoms with Crippen LogP contribution in [-0.4, -0.2) is 35.7 Å². The van der Waals surface area contributed by atoms with Crippen LogP contribution in [0.5, 0.6) is 11.5 Å². The van der Waals surface area contributed by atoms with Crippen molar-refractivity contribution >= 4 is 22.6 Å². The fourth-order valence-corrected chi connectivity index (χ4v) is 5.25. The highest BCUT2D eigenvalue weighted by Crippen LogP contribution is 2.37. The fraction of sp³-hybridized carbons (Fsp3) is 0.355. The van der Waals surface area contributed by atoms with Crippen LogP contribution in [-0.2, 0) is 11.3 Å². The van der Waals surface area contributed by atoms with Gasteiger partial charge in [-0.25, -0.2) is 4.98 Å². The molecular formula is C31H35N3O3. The van der Waals surface area contributed by atoms with Crippen molar-refractivity contribution in [2.24, 2.45) is 0 Å². The summed E-state index contributed by atoms with van der Waals surface area (Å²) in [5, 5.41) is 0. The van der Waals surface area contributed by atoms with Crippen LogP contribution >= 0.6 is 0 Å². The standard InChI is InChI=1S/C31H35N3O3/c1-22(2)24-12-4-8-16-28(24)37-19-11-10-18-33-26-14-6-5-13-25(26)32-31(33)23-20-30(35)34(21-23)27-15-7-9-17-29(27)36-3/h4-9,12-17,22-23H,10-11,18-21H2,1-3H3. The normalized spacial score (nSPS) is 15.6. The maximum absolute atomic E-state index is 13.1. The first-order chi connectivity index (χ1) is 18.1. The van der Waals surface area contributed by atoms with E-state index in [2.05, 4.69) is 54.8 Å². The number of amides is 1. The number of anilines is 1. The van der Waals surface area contributed by atoms with Crippen LogP contribution in [0.2, 0.25) is 0 Å². The van der Waals surface area contributed by atoms with Crippen LogP contribution < -0.4 is 14.4 Å². The lowest BCUT2D eigenvalue weighted by molar-refractivity contribution is -0.117. The van der Waals surface area contributed by atoms with E-state index in [-0.39, 0.29) is 11.8 Å². The molecule has 1 amide bonds. The number of para-hydroxylation sites is 5. The van der Waals surface area contributed by atoms with Crippen LogP contribution in [0.4, 0.5) is 5.69 Å².